The first kappa shape index (κ1) is 20.7. The van der Waals surface area contributed by atoms with E-state index in [9.17, 15) is 4.79 Å². The molecule has 0 radical (unpaired) electrons. The van der Waals surface area contributed by atoms with Crippen LogP contribution in [-0.4, -0.2) is 51.2 Å². The number of aryl methyl sites for hydroxylation is 2. The Morgan fingerprint density at radius 3 is 2.82 bits per heavy atom. The number of carbonyl (C=O) groups is 1. The Morgan fingerprint density at radius 1 is 1.30 bits per heavy atom. The van der Waals surface area contributed by atoms with E-state index >= 15 is 0 Å². The number of ether oxygens (including phenoxy) is 1. The summed E-state index contributed by atoms with van der Waals surface area (Å²) in [6, 6.07) is 8.15. The molecular weight excluding hydrogens is 434 g/mol. The summed E-state index contributed by atoms with van der Waals surface area (Å²) in [4.78, 5) is 21.5. The van der Waals surface area contributed by atoms with Gasteiger partial charge in [-0.25, -0.2) is 4.98 Å². The number of hydrogen-bond acceptors (Lipinski definition) is 5. The van der Waals surface area contributed by atoms with E-state index in [4.69, 9.17) is 15.5 Å². The maximum absolute atomic E-state index is 13.4. The van der Waals surface area contributed by atoms with Gasteiger partial charge >= 0.3 is 0 Å². The van der Waals surface area contributed by atoms with Crippen LogP contribution in [0.3, 0.4) is 0 Å². The third-order valence-corrected chi connectivity index (χ3v) is 8.66. The molecule has 172 valence electrons. The Hall–Kier alpha value is -2.84. The summed E-state index contributed by atoms with van der Waals surface area (Å²) in [7, 11) is 3.66. The van der Waals surface area contributed by atoms with Gasteiger partial charge in [0.2, 0.25) is 0 Å². The predicted octanol–water partition coefficient (Wildman–Crippen LogP) is 4.24. The fraction of sp³-hybridized carbons (Fsp3) is 0.440. The molecule has 2 fully saturated rings. The number of nitrogens with two attached hydrogens (primary N) is 1. The van der Waals surface area contributed by atoms with Crippen molar-refractivity contribution < 1.29 is 9.53 Å². The van der Waals surface area contributed by atoms with Crippen molar-refractivity contribution in [2.75, 3.05) is 20.2 Å². The standard InChI is InChI=1S/C25H29N5O2S/c1-4-30-18(12-15-5-10-33-24(15)30)22-27-17-11-16(13-19(32-3)21(17)28(22)2)23(31)29-9-8-25(6-7-25)20(26)14-29/h5,10-13,20H,4,6-9,14,26H2,1-3H3. The molecule has 1 aromatic carbocycles. The molecule has 1 saturated heterocycles. The number of piperidine rings is 1. The van der Waals surface area contributed by atoms with Gasteiger partial charge in [0.25, 0.3) is 5.91 Å². The quantitative estimate of drug-likeness (QED) is 0.491. The van der Waals surface area contributed by atoms with Crippen molar-refractivity contribution in [3.05, 3.63) is 35.2 Å². The summed E-state index contributed by atoms with van der Waals surface area (Å²) >= 11 is 1.74. The second-order valence-corrected chi connectivity index (χ2v) is 10.4. The fourth-order valence-electron chi connectivity index (χ4n) is 5.51. The molecule has 8 heteroatoms. The van der Waals surface area contributed by atoms with Crippen LogP contribution in [0.4, 0.5) is 0 Å². The number of carbonyl (C=O) groups excluding carboxylic acids is 1. The molecule has 6 rings (SSSR count). The lowest BCUT2D eigenvalue weighted by Gasteiger charge is -2.37. The van der Waals surface area contributed by atoms with Gasteiger partial charge < -0.3 is 24.5 Å². The molecule has 1 unspecified atom stereocenters. The van der Waals surface area contributed by atoms with Gasteiger partial charge in [-0.1, -0.05) is 0 Å². The van der Waals surface area contributed by atoms with E-state index in [0.29, 0.717) is 17.9 Å². The van der Waals surface area contributed by atoms with Crippen molar-refractivity contribution in [1.29, 1.82) is 0 Å². The largest absolute Gasteiger partial charge is 0.494 e. The summed E-state index contributed by atoms with van der Waals surface area (Å²) in [5.41, 5.74) is 10.1. The zero-order chi connectivity index (χ0) is 22.9. The van der Waals surface area contributed by atoms with Gasteiger partial charge in [0.1, 0.15) is 16.1 Å². The zero-order valence-corrected chi connectivity index (χ0v) is 20.1. The molecule has 2 N–H and O–H groups in total. The van der Waals surface area contributed by atoms with Crippen molar-refractivity contribution >= 4 is 38.5 Å². The molecular formula is C25H29N5O2S. The Morgan fingerprint density at radius 2 is 2.12 bits per heavy atom. The molecule has 1 aliphatic carbocycles. The highest BCUT2D eigenvalue weighted by atomic mass is 32.1. The zero-order valence-electron chi connectivity index (χ0n) is 19.3. The van der Waals surface area contributed by atoms with Gasteiger partial charge in [-0.3, -0.25) is 4.79 Å². The Bertz CT molecular complexity index is 1390. The number of nitrogens with zero attached hydrogens (tertiary/aromatic N) is 4. The lowest BCUT2D eigenvalue weighted by Crippen LogP contribution is -2.51. The number of methoxy groups -OCH3 is 1. The first-order chi connectivity index (χ1) is 16.0. The van der Waals surface area contributed by atoms with Crippen LogP contribution in [0.25, 0.3) is 32.8 Å². The molecule has 1 spiro atoms. The van der Waals surface area contributed by atoms with Crippen LogP contribution >= 0.6 is 11.3 Å². The SMILES string of the molecule is CCn1c(-c2nc3cc(C(=O)N4CCC5(CC5)C(N)C4)cc(OC)c3n2C)cc2ccsc21. The van der Waals surface area contributed by atoms with Crippen LogP contribution in [0.15, 0.2) is 29.6 Å². The van der Waals surface area contributed by atoms with Crippen LogP contribution in [-0.2, 0) is 13.6 Å². The highest BCUT2D eigenvalue weighted by Crippen LogP contribution is 2.53. The molecule has 1 aliphatic heterocycles. The van der Waals surface area contributed by atoms with E-state index in [2.05, 4.69) is 33.6 Å². The third kappa shape index (κ3) is 3.04. The second kappa shape index (κ2) is 7.33. The maximum atomic E-state index is 13.4. The van der Waals surface area contributed by atoms with Gasteiger partial charge in [-0.15, -0.1) is 11.3 Å². The number of fused-ring (bicyclic) bond motifs is 2. The van der Waals surface area contributed by atoms with Gasteiger partial charge in [-0.05, 0) is 61.2 Å². The average Bonchev–Trinajstić information content (AvgIpc) is 3.13. The van der Waals surface area contributed by atoms with Gasteiger partial charge in [0, 0.05) is 43.7 Å². The number of likely N-dealkylation sites (tertiary alicyclic amines) is 1. The minimum Gasteiger partial charge on any atom is -0.494 e. The van der Waals surface area contributed by atoms with Crippen LogP contribution in [0.1, 0.15) is 36.5 Å². The fourth-order valence-corrected chi connectivity index (χ4v) is 6.47. The van der Waals surface area contributed by atoms with Crippen molar-refractivity contribution in [2.45, 2.75) is 38.8 Å². The predicted molar refractivity (Wildman–Crippen MR) is 132 cm³/mol. The van der Waals surface area contributed by atoms with E-state index < -0.39 is 0 Å². The van der Waals surface area contributed by atoms with Crippen molar-refractivity contribution in [3.63, 3.8) is 0 Å². The lowest BCUT2D eigenvalue weighted by atomic mass is 9.88. The summed E-state index contributed by atoms with van der Waals surface area (Å²) in [6.45, 7) is 4.40. The molecule has 1 amide bonds. The smallest absolute Gasteiger partial charge is 0.254 e. The molecule has 7 nitrogen and oxygen atoms in total. The number of benzene rings is 1. The van der Waals surface area contributed by atoms with Gasteiger partial charge in [-0.2, -0.15) is 0 Å². The summed E-state index contributed by atoms with van der Waals surface area (Å²) in [6.07, 6.45) is 3.39. The molecule has 4 heterocycles. The summed E-state index contributed by atoms with van der Waals surface area (Å²) in [5, 5.41) is 3.34. The van der Waals surface area contributed by atoms with Crippen LogP contribution in [0.2, 0.25) is 0 Å². The van der Waals surface area contributed by atoms with E-state index in [1.165, 1.54) is 23.1 Å². The van der Waals surface area contributed by atoms with Crippen LogP contribution in [0.5, 0.6) is 5.75 Å². The summed E-state index contributed by atoms with van der Waals surface area (Å²) < 4.78 is 10.1. The molecule has 1 saturated carbocycles. The number of aromatic nitrogens is 3. The Kier molecular flexibility index (Phi) is 4.61. The second-order valence-electron chi connectivity index (χ2n) is 9.47. The Labute approximate surface area is 196 Å². The number of amides is 1. The molecule has 3 aromatic heterocycles. The topological polar surface area (TPSA) is 78.3 Å². The van der Waals surface area contributed by atoms with E-state index in [-0.39, 0.29) is 17.4 Å². The number of hydrogen-bond donors (Lipinski definition) is 1. The monoisotopic (exact) mass is 463 g/mol. The number of rotatable bonds is 4. The lowest BCUT2D eigenvalue weighted by molar-refractivity contribution is 0.0646. The van der Waals surface area contributed by atoms with E-state index in [1.807, 2.05) is 24.1 Å². The normalized spacial score (nSPS) is 19.6. The van der Waals surface area contributed by atoms with Crippen molar-refractivity contribution in [2.24, 2.45) is 18.2 Å². The van der Waals surface area contributed by atoms with Crippen LogP contribution < -0.4 is 10.5 Å². The first-order valence-corrected chi connectivity index (χ1v) is 12.5. The highest BCUT2D eigenvalue weighted by Gasteiger charge is 2.50. The minimum atomic E-state index is 0.00537. The molecule has 1 atom stereocenters. The van der Waals surface area contributed by atoms with Gasteiger partial charge in [0.15, 0.2) is 5.82 Å². The molecule has 0 bridgehead atoms. The van der Waals surface area contributed by atoms with Crippen molar-refractivity contribution in [1.82, 2.24) is 19.0 Å². The van der Waals surface area contributed by atoms with E-state index in [1.54, 1.807) is 18.4 Å². The first-order valence-electron chi connectivity index (χ1n) is 11.6. The maximum Gasteiger partial charge on any atom is 0.254 e. The highest BCUT2D eigenvalue weighted by molar-refractivity contribution is 7.16. The van der Waals surface area contributed by atoms with E-state index in [0.717, 1.165) is 42.1 Å². The van der Waals surface area contributed by atoms with Crippen molar-refractivity contribution in [3.8, 4) is 17.3 Å². The molecule has 33 heavy (non-hydrogen) atoms. The third-order valence-electron chi connectivity index (χ3n) is 7.71. The number of thiophene rings is 1. The Balaban J connectivity index is 1.42. The van der Waals surface area contributed by atoms with Crippen LogP contribution in [0, 0.1) is 5.41 Å². The van der Waals surface area contributed by atoms with Gasteiger partial charge in [0.05, 0.1) is 18.3 Å². The minimum absolute atomic E-state index is 0.00537. The molecule has 4 aromatic rings. The average molecular weight is 464 g/mol. The number of imidazole rings is 1. The summed E-state index contributed by atoms with van der Waals surface area (Å²) in [5.74, 6) is 1.54. The molecule has 2 aliphatic rings.